The van der Waals surface area contributed by atoms with Crippen LogP contribution in [-0.4, -0.2) is 16.8 Å². The second-order valence-electron chi connectivity index (χ2n) is 4.63. The molecule has 1 atom stereocenters. The molecule has 0 bridgehead atoms. The number of imidazole rings is 1. The van der Waals surface area contributed by atoms with Gasteiger partial charge in [-0.2, -0.15) is 0 Å². The van der Waals surface area contributed by atoms with Crippen molar-refractivity contribution in [3.63, 3.8) is 0 Å². The van der Waals surface area contributed by atoms with E-state index in [0.717, 1.165) is 41.3 Å². The lowest BCUT2D eigenvalue weighted by Gasteiger charge is -2.14. The van der Waals surface area contributed by atoms with Crippen molar-refractivity contribution >= 4 is 0 Å². The molecule has 1 unspecified atom stereocenters. The molecule has 1 aliphatic heterocycles. The van der Waals surface area contributed by atoms with Crippen molar-refractivity contribution in [3.8, 4) is 22.9 Å². The normalized spacial score (nSPS) is 14.6. The average Bonchev–Trinajstić information content (AvgIpc) is 3.08. The second kappa shape index (κ2) is 4.93. The predicted molar refractivity (Wildman–Crippen MR) is 72.0 cm³/mol. The standard InChI is InChI=1S/C14H17N3O2/c1-2-3-11(15)10-6-9(14-16-4-5-17-14)7-12-13(10)19-8-18-12/h4-7,11H,2-3,8,15H2,1H3,(H,16,17). The molecule has 0 aliphatic carbocycles. The Morgan fingerprint density at radius 2 is 2.32 bits per heavy atom. The Bertz CT molecular complexity index is 566. The van der Waals surface area contributed by atoms with E-state index >= 15 is 0 Å². The van der Waals surface area contributed by atoms with Crippen molar-refractivity contribution in [2.45, 2.75) is 25.8 Å². The Kier molecular flexibility index (Phi) is 3.13. The van der Waals surface area contributed by atoms with Crippen molar-refractivity contribution in [2.75, 3.05) is 6.79 Å². The van der Waals surface area contributed by atoms with E-state index in [2.05, 4.69) is 16.9 Å². The molecule has 2 aromatic rings. The van der Waals surface area contributed by atoms with Gasteiger partial charge in [-0.3, -0.25) is 0 Å². The molecule has 0 saturated carbocycles. The van der Waals surface area contributed by atoms with Gasteiger partial charge in [0.2, 0.25) is 6.79 Å². The van der Waals surface area contributed by atoms with Gasteiger partial charge in [0.05, 0.1) is 0 Å². The Morgan fingerprint density at radius 3 is 3.05 bits per heavy atom. The number of hydrogen-bond acceptors (Lipinski definition) is 4. The summed E-state index contributed by atoms with van der Waals surface area (Å²) in [5.41, 5.74) is 8.19. The second-order valence-corrected chi connectivity index (χ2v) is 4.63. The van der Waals surface area contributed by atoms with Gasteiger partial charge in [0.25, 0.3) is 0 Å². The molecule has 100 valence electrons. The quantitative estimate of drug-likeness (QED) is 0.885. The number of aromatic amines is 1. The third kappa shape index (κ3) is 2.17. The Labute approximate surface area is 111 Å². The first-order chi connectivity index (χ1) is 9.29. The summed E-state index contributed by atoms with van der Waals surface area (Å²) in [6, 6.07) is 3.92. The molecule has 1 aromatic carbocycles. The minimum atomic E-state index is -0.0460. The van der Waals surface area contributed by atoms with E-state index in [1.165, 1.54) is 0 Å². The van der Waals surface area contributed by atoms with Crippen LogP contribution in [0.4, 0.5) is 0 Å². The smallest absolute Gasteiger partial charge is 0.231 e. The van der Waals surface area contributed by atoms with Crippen LogP contribution in [0.3, 0.4) is 0 Å². The van der Waals surface area contributed by atoms with Crippen LogP contribution in [0.1, 0.15) is 31.4 Å². The van der Waals surface area contributed by atoms with Gasteiger partial charge >= 0.3 is 0 Å². The third-order valence-electron chi connectivity index (χ3n) is 3.27. The highest BCUT2D eigenvalue weighted by Crippen LogP contribution is 2.42. The topological polar surface area (TPSA) is 73.2 Å². The molecule has 19 heavy (non-hydrogen) atoms. The van der Waals surface area contributed by atoms with E-state index in [-0.39, 0.29) is 12.8 Å². The predicted octanol–water partition coefficient (Wildman–Crippen LogP) is 2.61. The Morgan fingerprint density at radius 1 is 1.42 bits per heavy atom. The molecule has 3 N–H and O–H groups in total. The maximum absolute atomic E-state index is 6.23. The van der Waals surface area contributed by atoms with E-state index in [4.69, 9.17) is 15.2 Å². The highest BCUT2D eigenvalue weighted by Gasteiger charge is 2.23. The van der Waals surface area contributed by atoms with Crippen molar-refractivity contribution < 1.29 is 9.47 Å². The van der Waals surface area contributed by atoms with Crippen LogP contribution in [0.25, 0.3) is 11.4 Å². The number of H-pyrrole nitrogens is 1. The Balaban J connectivity index is 2.07. The van der Waals surface area contributed by atoms with E-state index in [9.17, 15) is 0 Å². The van der Waals surface area contributed by atoms with Crippen LogP contribution in [0.2, 0.25) is 0 Å². The molecule has 0 saturated heterocycles. The summed E-state index contributed by atoms with van der Waals surface area (Å²) in [7, 11) is 0. The van der Waals surface area contributed by atoms with Gasteiger partial charge in [0.15, 0.2) is 11.5 Å². The van der Waals surface area contributed by atoms with Crippen LogP contribution in [0, 0.1) is 0 Å². The van der Waals surface area contributed by atoms with Gasteiger partial charge in [-0.15, -0.1) is 0 Å². The molecule has 0 spiro atoms. The zero-order valence-electron chi connectivity index (χ0n) is 10.8. The van der Waals surface area contributed by atoms with Gasteiger partial charge in [-0.1, -0.05) is 13.3 Å². The van der Waals surface area contributed by atoms with Crippen LogP contribution >= 0.6 is 0 Å². The van der Waals surface area contributed by atoms with Gasteiger partial charge in [-0.25, -0.2) is 4.98 Å². The maximum atomic E-state index is 6.23. The van der Waals surface area contributed by atoms with E-state index in [1.807, 2.05) is 12.1 Å². The molecule has 1 aromatic heterocycles. The number of ether oxygens (including phenoxy) is 2. The molecule has 1 aliphatic rings. The number of nitrogens with zero attached hydrogens (tertiary/aromatic N) is 1. The van der Waals surface area contributed by atoms with E-state index in [1.54, 1.807) is 12.4 Å². The maximum Gasteiger partial charge on any atom is 0.231 e. The molecular formula is C14H17N3O2. The first-order valence-corrected chi connectivity index (χ1v) is 6.48. The van der Waals surface area contributed by atoms with Crippen molar-refractivity contribution in [2.24, 2.45) is 5.73 Å². The lowest BCUT2D eigenvalue weighted by Crippen LogP contribution is -2.11. The van der Waals surface area contributed by atoms with Gasteiger partial charge in [0, 0.05) is 29.6 Å². The Hall–Kier alpha value is -2.01. The number of aromatic nitrogens is 2. The van der Waals surface area contributed by atoms with Gasteiger partial charge in [0.1, 0.15) is 5.82 Å². The van der Waals surface area contributed by atoms with Crippen LogP contribution < -0.4 is 15.2 Å². The SMILES string of the molecule is CCCC(N)c1cc(-c2ncc[nH]2)cc2c1OCO2. The zero-order chi connectivity index (χ0) is 13.2. The van der Waals surface area contributed by atoms with Crippen LogP contribution in [0.15, 0.2) is 24.5 Å². The summed E-state index contributed by atoms with van der Waals surface area (Å²) in [6.45, 7) is 2.37. The van der Waals surface area contributed by atoms with Crippen LogP contribution in [-0.2, 0) is 0 Å². The highest BCUT2D eigenvalue weighted by atomic mass is 16.7. The number of hydrogen-bond donors (Lipinski definition) is 2. The molecule has 5 nitrogen and oxygen atoms in total. The van der Waals surface area contributed by atoms with Gasteiger partial charge < -0.3 is 20.2 Å². The average molecular weight is 259 g/mol. The molecule has 3 rings (SSSR count). The summed E-state index contributed by atoms with van der Waals surface area (Å²) in [4.78, 5) is 7.36. The molecule has 5 heteroatoms. The largest absolute Gasteiger partial charge is 0.454 e. The van der Waals surface area contributed by atoms with Crippen molar-refractivity contribution in [1.29, 1.82) is 0 Å². The fourth-order valence-corrected chi connectivity index (χ4v) is 2.34. The first-order valence-electron chi connectivity index (χ1n) is 6.48. The molecule has 0 fully saturated rings. The molecule has 0 amide bonds. The molecule has 0 radical (unpaired) electrons. The zero-order valence-corrected chi connectivity index (χ0v) is 10.8. The lowest BCUT2D eigenvalue weighted by molar-refractivity contribution is 0.173. The number of rotatable bonds is 4. The summed E-state index contributed by atoms with van der Waals surface area (Å²) < 4.78 is 11.0. The van der Waals surface area contributed by atoms with E-state index < -0.39 is 0 Å². The van der Waals surface area contributed by atoms with Crippen molar-refractivity contribution in [3.05, 3.63) is 30.1 Å². The lowest BCUT2D eigenvalue weighted by atomic mass is 9.99. The fourth-order valence-electron chi connectivity index (χ4n) is 2.34. The number of nitrogens with two attached hydrogens (primary N) is 1. The summed E-state index contributed by atoms with van der Waals surface area (Å²) in [5.74, 6) is 2.33. The number of fused-ring (bicyclic) bond motifs is 1. The third-order valence-corrected chi connectivity index (χ3v) is 3.27. The number of nitrogens with one attached hydrogen (secondary N) is 1. The van der Waals surface area contributed by atoms with E-state index in [0.29, 0.717) is 0 Å². The van der Waals surface area contributed by atoms with Crippen molar-refractivity contribution in [1.82, 2.24) is 9.97 Å². The summed E-state index contributed by atoms with van der Waals surface area (Å²) >= 11 is 0. The minimum Gasteiger partial charge on any atom is -0.454 e. The van der Waals surface area contributed by atoms with Gasteiger partial charge in [-0.05, 0) is 18.6 Å². The monoisotopic (exact) mass is 259 g/mol. The molecular weight excluding hydrogens is 242 g/mol. The minimum absolute atomic E-state index is 0.0460. The molecule has 2 heterocycles. The highest BCUT2D eigenvalue weighted by molar-refractivity contribution is 5.65. The fraction of sp³-hybridized carbons (Fsp3) is 0.357. The van der Waals surface area contributed by atoms with Crippen LogP contribution in [0.5, 0.6) is 11.5 Å². The first kappa shape index (κ1) is 12.0. The number of benzene rings is 1. The summed E-state index contributed by atoms with van der Waals surface area (Å²) in [6.07, 6.45) is 5.47. The summed E-state index contributed by atoms with van der Waals surface area (Å²) in [5, 5.41) is 0.